The van der Waals surface area contributed by atoms with Crippen molar-refractivity contribution in [3.63, 3.8) is 0 Å². The molecule has 0 fully saturated rings. The van der Waals surface area contributed by atoms with Gasteiger partial charge in [-0.05, 0) is 4.79 Å². The van der Waals surface area contributed by atoms with Crippen LogP contribution < -0.4 is 0 Å². The number of hydrogen-bond donors (Lipinski definition) is 1. The first-order valence-electron chi connectivity index (χ1n) is 0.871. The Bertz CT molecular complexity index is 95.6. The first-order valence-corrected chi connectivity index (χ1v) is 0.871. The molecule has 0 aliphatic carbocycles. The van der Waals surface area contributed by atoms with E-state index in [1.165, 1.54) is 0 Å². The standard InChI is InChI=1S/CHN4/c2-4-1-5-3/h2H/q+1. The lowest BCUT2D eigenvalue weighted by atomic mass is 11.6. The molecule has 0 amide bonds. The second-order valence-corrected chi connectivity index (χ2v) is 0.312. The molecule has 0 saturated carbocycles. The van der Waals surface area contributed by atoms with Crippen molar-refractivity contribution in [2.45, 2.75) is 0 Å². The van der Waals surface area contributed by atoms with Crippen LogP contribution in [0.25, 0.3) is 5.53 Å². The molecule has 0 spiro atoms. The molecular formula is CHN4+. The summed E-state index contributed by atoms with van der Waals surface area (Å²) in [5.41, 5.74) is 13.2. The monoisotopic (exact) mass is 69.0 g/mol. The van der Waals surface area contributed by atoms with E-state index in [2.05, 4.69) is 9.58 Å². The van der Waals surface area contributed by atoms with Gasteiger partial charge in [0, 0.05) is 0 Å². The van der Waals surface area contributed by atoms with Gasteiger partial charge < -0.3 is 5.53 Å². The molecule has 0 bridgehead atoms. The second-order valence-electron chi connectivity index (χ2n) is 0.312. The minimum absolute atomic E-state index is 1.58. The molecule has 0 aliphatic heterocycles. The summed E-state index contributed by atoms with van der Waals surface area (Å²) >= 11 is 0. The van der Waals surface area contributed by atoms with Gasteiger partial charge in [0.05, 0.1) is 5.53 Å². The Morgan fingerprint density at radius 3 is 2.40 bits per heavy atom. The van der Waals surface area contributed by atoms with Crippen LogP contribution in [0.4, 0.5) is 0 Å². The lowest BCUT2D eigenvalue weighted by Crippen LogP contribution is -1.48. The lowest BCUT2D eigenvalue weighted by molar-refractivity contribution is -0.152. The molecule has 0 aromatic rings. The molecule has 0 rings (SSSR count). The molecule has 0 saturated heterocycles. The van der Waals surface area contributed by atoms with Gasteiger partial charge in [-0.3, -0.25) is 0 Å². The largest absolute Gasteiger partial charge is 0.782 e. The second kappa shape index (κ2) is 2.80. The summed E-state index contributed by atoms with van der Waals surface area (Å²) in [6.07, 6.45) is 0. The number of rotatable bonds is 0. The van der Waals surface area contributed by atoms with Gasteiger partial charge in [0.25, 0.3) is 0 Å². The third-order valence-electron chi connectivity index (χ3n) is 0.0947. The van der Waals surface area contributed by atoms with Gasteiger partial charge in [-0.15, -0.1) is 0 Å². The van der Waals surface area contributed by atoms with Crippen LogP contribution in [0.15, 0.2) is 0 Å². The summed E-state index contributed by atoms with van der Waals surface area (Å²) in [7, 11) is 0. The lowest BCUT2D eigenvalue weighted by Gasteiger charge is -1.08. The molecule has 1 N–H and O–H groups in total. The van der Waals surface area contributed by atoms with E-state index in [1.54, 1.807) is 6.01 Å². The zero-order chi connectivity index (χ0) is 4.12. The Labute approximate surface area is 27.9 Å². The molecule has 0 unspecified atom stereocenters. The molecule has 0 aromatic carbocycles. The van der Waals surface area contributed by atoms with Gasteiger partial charge in [-0.25, -0.2) is 0 Å². The Morgan fingerprint density at radius 1 is 1.80 bits per heavy atom. The topological polar surface area (TPSA) is 74.4 Å². The van der Waals surface area contributed by atoms with Crippen LogP contribution in [0.1, 0.15) is 0 Å². The molecule has 0 atom stereocenters. The Balaban J connectivity index is 4.38. The SMILES string of the molecule is [N-]=[N+]=C=[N+]=N. The average Bonchev–Trinajstić information content (AvgIpc) is 1.41. The normalized spacial score (nSPS) is 3.20. The molecule has 0 aromatic heterocycles. The van der Waals surface area contributed by atoms with Crippen LogP contribution in [0.2, 0.25) is 0 Å². The maximum absolute atomic E-state index is 7.37. The fourth-order valence-corrected chi connectivity index (χ4v) is 0.0224. The summed E-state index contributed by atoms with van der Waals surface area (Å²) in [6.45, 7) is 0. The summed E-state index contributed by atoms with van der Waals surface area (Å²) in [5.74, 6) is 0. The molecule has 0 radical (unpaired) electrons. The van der Waals surface area contributed by atoms with Crippen molar-refractivity contribution < 1.29 is 9.58 Å². The Morgan fingerprint density at radius 2 is 2.40 bits per heavy atom. The van der Waals surface area contributed by atoms with Crippen LogP contribution >= 0.6 is 0 Å². The van der Waals surface area contributed by atoms with E-state index >= 15 is 0 Å². The van der Waals surface area contributed by atoms with E-state index in [4.69, 9.17) is 11.1 Å². The Kier molecular flexibility index (Phi) is 2.13. The van der Waals surface area contributed by atoms with Crippen molar-refractivity contribution >= 4 is 6.01 Å². The molecular weight excluding hydrogens is 68.0 g/mol. The van der Waals surface area contributed by atoms with Gasteiger partial charge in [-0.2, -0.15) is 0 Å². The highest BCUT2D eigenvalue weighted by Gasteiger charge is 1.61. The fourth-order valence-electron chi connectivity index (χ4n) is 0.0224. The van der Waals surface area contributed by atoms with E-state index in [0.29, 0.717) is 0 Å². The molecule has 24 valence electrons. The summed E-state index contributed by atoms with van der Waals surface area (Å²) in [6, 6.07) is 1.58. The van der Waals surface area contributed by atoms with Crippen molar-refractivity contribution in [2.24, 2.45) is 0 Å². The van der Waals surface area contributed by atoms with E-state index < -0.39 is 0 Å². The molecule has 0 heterocycles. The smallest absolute Gasteiger partial charge is 0.341 e. The number of nitrogens with zero attached hydrogens (tertiary/aromatic N) is 3. The van der Waals surface area contributed by atoms with Crippen LogP contribution in [0.3, 0.4) is 0 Å². The highest BCUT2D eigenvalue weighted by Crippen LogP contribution is 1.03. The predicted molar refractivity (Wildman–Crippen MR) is 11.6 cm³/mol. The molecule has 4 heteroatoms. The van der Waals surface area contributed by atoms with Crippen molar-refractivity contribution in [3.8, 4) is 0 Å². The summed E-state index contributed by atoms with van der Waals surface area (Å²) in [5, 5.41) is 0. The van der Waals surface area contributed by atoms with Crippen molar-refractivity contribution in [3.05, 3.63) is 5.53 Å². The van der Waals surface area contributed by atoms with E-state index in [1.807, 2.05) is 0 Å². The molecule has 5 heavy (non-hydrogen) atoms. The van der Waals surface area contributed by atoms with Crippen molar-refractivity contribution in [1.82, 2.24) is 0 Å². The van der Waals surface area contributed by atoms with Crippen LogP contribution in [-0.2, 0) is 0 Å². The highest BCUT2D eigenvalue weighted by molar-refractivity contribution is 5.22. The van der Waals surface area contributed by atoms with Gasteiger partial charge in [0.1, 0.15) is 0 Å². The van der Waals surface area contributed by atoms with E-state index in [-0.39, 0.29) is 0 Å². The summed E-state index contributed by atoms with van der Waals surface area (Å²) in [4.78, 5) is 4.69. The molecule has 0 aliphatic rings. The maximum Gasteiger partial charge on any atom is 0.782 e. The van der Waals surface area contributed by atoms with Gasteiger partial charge in [0.15, 0.2) is 0 Å². The average molecular weight is 69.0 g/mol. The van der Waals surface area contributed by atoms with Gasteiger partial charge in [0.2, 0.25) is 4.79 Å². The van der Waals surface area contributed by atoms with E-state index in [0.717, 1.165) is 0 Å². The highest BCUT2D eigenvalue weighted by atomic mass is 14.9. The number of hydrogen-bond acceptors (Lipinski definition) is 1. The number of nitrogens with one attached hydrogen (secondary N) is 1. The third kappa shape index (κ3) is 2.80. The maximum atomic E-state index is 7.37. The van der Waals surface area contributed by atoms with Crippen LogP contribution in [0.5, 0.6) is 0 Å². The van der Waals surface area contributed by atoms with Crippen molar-refractivity contribution in [1.29, 1.82) is 5.53 Å². The van der Waals surface area contributed by atoms with Gasteiger partial charge in [-0.1, -0.05) is 0 Å². The minimum atomic E-state index is 1.58. The third-order valence-corrected chi connectivity index (χ3v) is 0.0947. The molecule has 4 nitrogen and oxygen atoms in total. The quantitative estimate of drug-likeness (QED) is 0.229. The van der Waals surface area contributed by atoms with Crippen molar-refractivity contribution in [2.75, 3.05) is 0 Å². The van der Waals surface area contributed by atoms with E-state index in [9.17, 15) is 0 Å². The van der Waals surface area contributed by atoms with Crippen LogP contribution in [0, 0.1) is 5.53 Å². The first-order chi connectivity index (χ1) is 2.41. The van der Waals surface area contributed by atoms with Crippen LogP contribution in [-0.4, -0.2) is 15.6 Å². The van der Waals surface area contributed by atoms with Gasteiger partial charge >= 0.3 is 6.01 Å². The summed E-state index contributed by atoms with van der Waals surface area (Å²) < 4.78 is 0. The zero-order valence-electron chi connectivity index (χ0n) is 2.34. The Hall–Kier alpha value is -1.20. The zero-order valence-corrected chi connectivity index (χ0v) is 2.34. The minimum Gasteiger partial charge on any atom is -0.341 e. The fraction of sp³-hybridized carbons (Fsp3) is 0. The first kappa shape index (κ1) is 3.80. The predicted octanol–water partition coefficient (Wildman–Crippen LogP) is -0.371.